The number of nitrogens with zero attached hydrogens (tertiary/aromatic N) is 2. The van der Waals surface area contributed by atoms with Crippen molar-refractivity contribution >= 4 is 0 Å². The van der Waals surface area contributed by atoms with Gasteiger partial charge in [-0.1, -0.05) is 19.1 Å². The summed E-state index contributed by atoms with van der Waals surface area (Å²) in [4.78, 5) is 8.46. The summed E-state index contributed by atoms with van der Waals surface area (Å²) < 4.78 is 5.62. The lowest BCUT2D eigenvalue weighted by Crippen LogP contribution is -2.03. The fraction of sp³-hybridized carbons (Fsp3) is 0.286. The van der Waals surface area contributed by atoms with Crippen LogP contribution in [0, 0.1) is 6.92 Å². The van der Waals surface area contributed by atoms with Crippen molar-refractivity contribution in [1.29, 1.82) is 0 Å². The molecule has 0 saturated heterocycles. The molecule has 0 aliphatic rings. The van der Waals surface area contributed by atoms with Crippen LogP contribution in [0.4, 0.5) is 0 Å². The van der Waals surface area contributed by atoms with Crippen molar-refractivity contribution in [3.63, 3.8) is 0 Å². The second-order valence-electron chi connectivity index (χ2n) is 4.09. The summed E-state index contributed by atoms with van der Waals surface area (Å²) in [6.07, 6.45) is 1.01. The van der Waals surface area contributed by atoms with Gasteiger partial charge in [0, 0.05) is 12.2 Å². The van der Waals surface area contributed by atoms with Gasteiger partial charge in [-0.3, -0.25) is 0 Å². The lowest BCUT2D eigenvalue weighted by atomic mass is 10.2. The van der Waals surface area contributed by atoms with Gasteiger partial charge in [0.1, 0.15) is 5.75 Å². The van der Waals surface area contributed by atoms with Crippen LogP contribution in [0.2, 0.25) is 0 Å². The molecule has 0 amide bonds. The molecule has 0 saturated carbocycles. The van der Waals surface area contributed by atoms with Crippen LogP contribution >= 0.6 is 0 Å². The van der Waals surface area contributed by atoms with Gasteiger partial charge in [0.25, 0.3) is 0 Å². The fourth-order valence-electron chi connectivity index (χ4n) is 1.65. The van der Waals surface area contributed by atoms with Crippen molar-refractivity contribution in [2.45, 2.75) is 26.8 Å². The number of hydrogen-bond donors (Lipinski definition) is 1. The zero-order valence-electron chi connectivity index (χ0n) is 10.7. The molecule has 2 aromatic rings. The van der Waals surface area contributed by atoms with Crippen LogP contribution < -0.4 is 10.5 Å². The Labute approximate surface area is 107 Å². The summed E-state index contributed by atoms with van der Waals surface area (Å²) in [6, 6.07) is 10.1. The molecular formula is C14H17N3O. The largest absolute Gasteiger partial charge is 0.424 e. The van der Waals surface area contributed by atoms with Gasteiger partial charge in [-0.2, -0.15) is 4.98 Å². The average molecular weight is 243 g/mol. The van der Waals surface area contributed by atoms with Gasteiger partial charge in [0.15, 0.2) is 0 Å². The average Bonchev–Trinajstić information content (AvgIpc) is 2.39. The molecule has 4 nitrogen and oxygen atoms in total. The zero-order valence-corrected chi connectivity index (χ0v) is 10.7. The molecule has 18 heavy (non-hydrogen) atoms. The van der Waals surface area contributed by atoms with Gasteiger partial charge in [-0.05, 0) is 37.1 Å². The third-order valence-electron chi connectivity index (χ3n) is 2.64. The van der Waals surface area contributed by atoms with Crippen molar-refractivity contribution in [1.82, 2.24) is 9.97 Å². The Kier molecular flexibility index (Phi) is 3.89. The Morgan fingerprint density at radius 1 is 1.17 bits per heavy atom. The van der Waals surface area contributed by atoms with Crippen LogP contribution in [-0.4, -0.2) is 9.97 Å². The van der Waals surface area contributed by atoms with Gasteiger partial charge in [-0.25, -0.2) is 4.98 Å². The minimum atomic E-state index is 0.347. The topological polar surface area (TPSA) is 61.0 Å². The number of hydrogen-bond acceptors (Lipinski definition) is 4. The normalized spacial score (nSPS) is 10.4. The Morgan fingerprint density at radius 2 is 1.89 bits per heavy atom. The highest BCUT2D eigenvalue weighted by atomic mass is 16.5. The number of nitrogens with two attached hydrogens (primary N) is 1. The molecule has 0 unspecified atom stereocenters. The van der Waals surface area contributed by atoms with E-state index < -0.39 is 0 Å². The maximum absolute atomic E-state index is 5.62. The van der Waals surface area contributed by atoms with Crippen molar-refractivity contribution in [2.24, 2.45) is 5.73 Å². The Morgan fingerprint density at radius 3 is 2.50 bits per heavy atom. The highest BCUT2D eigenvalue weighted by Gasteiger charge is 2.04. The first-order chi connectivity index (χ1) is 8.71. The second kappa shape index (κ2) is 5.60. The predicted molar refractivity (Wildman–Crippen MR) is 70.6 cm³/mol. The molecule has 0 bridgehead atoms. The molecule has 0 radical (unpaired) electrons. The number of ether oxygens (including phenoxy) is 1. The van der Waals surface area contributed by atoms with E-state index in [0.717, 1.165) is 23.6 Å². The fourth-order valence-corrected chi connectivity index (χ4v) is 1.65. The second-order valence-corrected chi connectivity index (χ2v) is 4.09. The van der Waals surface area contributed by atoms with E-state index in [0.29, 0.717) is 12.6 Å². The van der Waals surface area contributed by atoms with Crippen LogP contribution in [0.25, 0.3) is 0 Å². The van der Waals surface area contributed by atoms with Crippen LogP contribution in [0.1, 0.15) is 23.9 Å². The van der Waals surface area contributed by atoms with Gasteiger partial charge < -0.3 is 10.5 Å². The molecule has 0 atom stereocenters. The Balaban J connectivity index is 2.19. The smallest absolute Gasteiger partial charge is 0.322 e. The summed E-state index contributed by atoms with van der Waals surface area (Å²) >= 11 is 0. The van der Waals surface area contributed by atoms with Gasteiger partial charge in [0.05, 0.1) is 5.69 Å². The first-order valence-corrected chi connectivity index (χ1v) is 6.02. The summed E-state index contributed by atoms with van der Waals surface area (Å²) in [5.41, 5.74) is 8.48. The van der Waals surface area contributed by atoms with Crippen LogP contribution in [0.5, 0.6) is 11.8 Å². The molecule has 0 fully saturated rings. The van der Waals surface area contributed by atoms with Crippen molar-refractivity contribution in [3.8, 4) is 11.8 Å². The van der Waals surface area contributed by atoms with Gasteiger partial charge in [0.2, 0.25) is 0 Å². The molecule has 4 heteroatoms. The third kappa shape index (κ3) is 3.05. The molecule has 0 aliphatic heterocycles. The van der Waals surface area contributed by atoms with E-state index >= 15 is 0 Å². The number of aromatic nitrogens is 2. The van der Waals surface area contributed by atoms with Crippen LogP contribution in [0.15, 0.2) is 30.3 Å². The van der Waals surface area contributed by atoms with Crippen molar-refractivity contribution < 1.29 is 4.74 Å². The van der Waals surface area contributed by atoms with Crippen LogP contribution in [-0.2, 0) is 13.0 Å². The van der Waals surface area contributed by atoms with E-state index in [4.69, 9.17) is 10.5 Å². The highest BCUT2D eigenvalue weighted by molar-refractivity contribution is 5.29. The zero-order chi connectivity index (χ0) is 13.0. The van der Waals surface area contributed by atoms with E-state index in [9.17, 15) is 0 Å². The lowest BCUT2D eigenvalue weighted by molar-refractivity contribution is 0.437. The minimum Gasteiger partial charge on any atom is -0.424 e. The molecule has 0 aliphatic carbocycles. The summed E-state index contributed by atoms with van der Waals surface area (Å²) in [5, 5.41) is 0. The summed E-state index contributed by atoms with van der Waals surface area (Å²) in [5.74, 6) is 0.737. The molecule has 0 spiro atoms. The quantitative estimate of drug-likeness (QED) is 0.896. The Hall–Kier alpha value is -1.94. The maximum Gasteiger partial charge on any atom is 0.322 e. The summed E-state index contributed by atoms with van der Waals surface area (Å²) in [6.45, 7) is 4.40. The molecule has 1 aromatic heterocycles. The molecule has 2 rings (SSSR count). The lowest BCUT2D eigenvalue weighted by Gasteiger charge is -2.06. The first-order valence-electron chi connectivity index (χ1n) is 6.02. The first kappa shape index (κ1) is 12.5. The molecular weight excluding hydrogens is 226 g/mol. The predicted octanol–water partition coefficient (Wildman–Crippen LogP) is 2.60. The number of rotatable bonds is 4. The van der Waals surface area contributed by atoms with E-state index in [2.05, 4.69) is 16.9 Å². The van der Waals surface area contributed by atoms with Crippen molar-refractivity contribution in [3.05, 3.63) is 47.3 Å². The SMILES string of the molecule is CCc1ccc(Oc2nc(C)cc(CN)n2)cc1. The van der Waals surface area contributed by atoms with Crippen LogP contribution in [0.3, 0.4) is 0 Å². The van der Waals surface area contributed by atoms with E-state index in [-0.39, 0.29) is 0 Å². The maximum atomic E-state index is 5.62. The molecule has 1 aromatic carbocycles. The summed E-state index contributed by atoms with van der Waals surface area (Å²) in [7, 11) is 0. The van der Waals surface area contributed by atoms with Crippen molar-refractivity contribution in [2.75, 3.05) is 0 Å². The highest BCUT2D eigenvalue weighted by Crippen LogP contribution is 2.19. The molecule has 94 valence electrons. The minimum absolute atomic E-state index is 0.347. The molecule has 1 heterocycles. The van der Waals surface area contributed by atoms with E-state index in [1.54, 1.807) is 0 Å². The Bertz CT molecular complexity index is 523. The molecule has 2 N–H and O–H groups in total. The number of benzene rings is 1. The number of aryl methyl sites for hydroxylation is 2. The van der Waals surface area contributed by atoms with Gasteiger partial charge in [-0.15, -0.1) is 0 Å². The standard InChI is InChI=1S/C14H17N3O/c1-3-11-4-6-13(7-5-11)18-14-16-10(2)8-12(9-15)17-14/h4-8H,3,9,15H2,1-2H3. The third-order valence-corrected chi connectivity index (χ3v) is 2.64. The van der Waals surface area contributed by atoms with E-state index in [1.165, 1.54) is 5.56 Å². The monoisotopic (exact) mass is 243 g/mol. The van der Waals surface area contributed by atoms with E-state index in [1.807, 2.05) is 37.3 Å². The van der Waals surface area contributed by atoms with Gasteiger partial charge >= 0.3 is 6.01 Å².